The molecule has 1 aromatic heterocycles. The molecular weight excluding hydrogens is 385 g/mol. The number of pyridine rings is 1. The van der Waals surface area contributed by atoms with Gasteiger partial charge in [-0.1, -0.05) is 11.6 Å². The lowest BCUT2D eigenvalue weighted by Crippen LogP contribution is -2.36. The van der Waals surface area contributed by atoms with Gasteiger partial charge in [0.05, 0.1) is 29.4 Å². The van der Waals surface area contributed by atoms with Crippen LogP contribution in [0.25, 0.3) is 21.8 Å². The lowest BCUT2D eigenvalue weighted by Gasteiger charge is -2.18. The summed E-state index contributed by atoms with van der Waals surface area (Å²) < 4.78 is 5.37. The van der Waals surface area contributed by atoms with Gasteiger partial charge in [0.15, 0.2) is 0 Å². The summed E-state index contributed by atoms with van der Waals surface area (Å²) >= 11 is 6.14. The second-order valence-corrected chi connectivity index (χ2v) is 7.38. The van der Waals surface area contributed by atoms with Crippen molar-refractivity contribution in [2.24, 2.45) is 0 Å². The summed E-state index contributed by atoms with van der Waals surface area (Å²) in [5, 5.41) is 19.2. The van der Waals surface area contributed by atoms with Gasteiger partial charge in [0.1, 0.15) is 5.75 Å². The van der Waals surface area contributed by atoms with Crippen LogP contribution in [0.15, 0.2) is 36.4 Å². The molecule has 0 aliphatic heterocycles. The van der Waals surface area contributed by atoms with E-state index < -0.39 is 5.60 Å². The van der Waals surface area contributed by atoms with Gasteiger partial charge in [0.25, 0.3) is 0 Å². The summed E-state index contributed by atoms with van der Waals surface area (Å²) in [5.41, 5.74) is 2.01. The number of anilines is 1. The average molecular weight is 410 g/mol. The maximum absolute atomic E-state index is 9.78. The molecular formula is C20H25Cl2N3O2. The van der Waals surface area contributed by atoms with Crippen LogP contribution in [-0.2, 0) is 0 Å². The standard InChI is InChI=1S/C20H24ClN3O2.ClH/c1-20(2,25)12-22-8-9-23-19-15-6-4-13(21)10-18(15)24-17-7-5-14(26-3)11-16(17)19;/h4-7,10-11,22,25H,8-9,12H2,1-3H3,(H,23,24);1H. The van der Waals surface area contributed by atoms with Crippen molar-refractivity contribution >= 4 is 51.5 Å². The van der Waals surface area contributed by atoms with Gasteiger partial charge in [-0.15, -0.1) is 12.4 Å². The van der Waals surface area contributed by atoms with Crippen LogP contribution < -0.4 is 15.4 Å². The van der Waals surface area contributed by atoms with Gasteiger partial charge >= 0.3 is 0 Å². The van der Waals surface area contributed by atoms with Crippen LogP contribution in [0.2, 0.25) is 5.02 Å². The Balaban J connectivity index is 0.00000261. The van der Waals surface area contributed by atoms with E-state index in [9.17, 15) is 5.11 Å². The summed E-state index contributed by atoms with van der Waals surface area (Å²) in [4.78, 5) is 4.72. The van der Waals surface area contributed by atoms with E-state index in [1.165, 1.54) is 0 Å². The number of benzene rings is 2. The fourth-order valence-electron chi connectivity index (χ4n) is 2.88. The Kier molecular flexibility index (Phi) is 7.12. The Morgan fingerprint density at radius 2 is 1.85 bits per heavy atom. The average Bonchev–Trinajstić information content (AvgIpc) is 2.59. The lowest BCUT2D eigenvalue weighted by molar-refractivity contribution is 0.0804. The van der Waals surface area contributed by atoms with E-state index >= 15 is 0 Å². The van der Waals surface area contributed by atoms with Crippen molar-refractivity contribution in [3.8, 4) is 5.75 Å². The van der Waals surface area contributed by atoms with Crippen LogP contribution in [0.5, 0.6) is 5.75 Å². The quantitative estimate of drug-likeness (QED) is 0.402. The first-order chi connectivity index (χ1) is 12.4. The number of ether oxygens (including phenoxy) is 1. The lowest BCUT2D eigenvalue weighted by atomic mass is 10.1. The summed E-state index contributed by atoms with van der Waals surface area (Å²) in [5.74, 6) is 0.788. The number of halogens is 2. The molecule has 0 atom stereocenters. The van der Waals surface area contributed by atoms with Crippen molar-refractivity contribution in [3.63, 3.8) is 0 Å². The minimum atomic E-state index is -0.722. The Hall–Kier alpha value is -1.79. The zero-order chi connectivity index (χ0) is 18.7. The molecule has 2 aromatic carbocycles. The van der Waals surface area contributed by atoms with Crippen molar-refractivity contribution in [2.45, 2.75) is 19.4 Å². The van der Waals surface area contributed by atoms with Gasteiger partial charge in [-0.25, -0.2) is 4.98 Å². The highest BCUT2D eigenvalue weighted by Crippen LogP contribution is 2.34. The Labute approximate surface area is 170 Å². The number of nitrogens with one attached hydrogen (secondary N) is 2. The number of aromatic nitrogens is 1. The Morgan fingerprint density at radius 1 is 1.07 bits per heavy atom. The fraction of sp³-hybridized carbons (Fsp3) is 0.350. The third-order valence-electron chi connectivity index (χ3n) is 4.10. The number of fused-ring (bicyclic) bond motifs is 2. The molecule has 0 spiro atoms. The minimum absolute atomic E-state index is 0. The topological polar surface area (TPSA) is 66.4 Å². The SMILES string of the molecule is COc1ccc2nc3cc(Cl)ccc3c(NCCNCC(C)(C)O)c2c1.Cl. The second-order valence-electron chi connectivity index (χ2n) is 6.95. The molecule has 0 radical (unpaired) electrons. The number of hydrogen-bond donors (Lipinski definition) is 3. The van der Waals surface area contributed by atoms with Gasteiger partial charge in [0, 0.05) is 35.4 Å². The highest BCUT2D eigenvalue weighted by atomic mass is 35.5. The molecule has 5 nitrogen and oxygen atoms in total. The van der Waals surface area contributed by atoms with Crippen molar-refractivity contribution in [1.82, 2.24) is 10.3 Å². The van der Waals surface area contributed by atoms with E-state index in [0.29, 0.717) is 18.1 Å². The third-order valence-corrected chi connectivity index (χ3v) is 4.34. The first-order valence-corrected chi connectivity index (χ1v) is 8.99. The van der Waals surface area contributed by atoms with Crippen molar-refractivity contribution in [1.29, 1.82) is 0 Å². The summed E-state index contributed by atoms with van der Waals surface area (Å²) in [6.45, 7) is 5.55. The van der Waals surface area contributed by atoms with Gasteiger partial charge in [-0.05, 0) is 50.2 Å². The zero-order valence-corrected chi connectivity index (χ0v) is 17.2. The molecule has 27 heavy (non-hydrogen) atoms. The van der Waals surface area contributed by atoms with E-state index in [2.05, 4.69) is 10.6 Å². The normalized spacial score (nSPS) is 11.4. The van der Waals surface area contributed by atoms with Crippen LogP contribution in [0, 0.1) is 0 Å². The van der Waals surface area contributed by atoms with Crippen LogP contribution in [0.3, 0.4) is 0 Å². The van der Waals surface area contributed by atoms with E-state index in [4.69, 9.17) is 21.3 Å². The largest absolute Gasteiger partial charge is 0.497 e. The monoisotopic (exact) mass is 409 g/mol. The first-order valence-electron chi connectivity index (χ1n) is 8.61. The molecule has 0 unspecified atom stereocenters. The molecule has 3 aromatic rings. The first kappa shape index (κ1) is 21.5. The second kappa shape index (κ2) is 8.93. The number of aliphatic hydroxyl groups is 1. The molecule has 3 rings (SSSR count). The summed E-state index contributed by atoms with van der Waals surface area (Å²) in [7, 11) is 1.66. The Bertz CT molecular complexity index is 926. The highest BCUT2D eigenvalue weighted by Gasteiger charge is 2.12. The summed E-state index contributed by atoms with van der Waals surface area (Å²) in [6.07, 6.45) is 0. The smallest absolute Gasteiger partial charge is 0.119 e. The van der Waals surface area contributed by atoms with Crippen molar-refractivity contribution < 1.29 is 9.84 Å². The molecule has 1 heterocycles. The number of hydrogen-bond acceptors (Lipinski definition) is 5. The molecule has 0 fully saturated rings. The molecule has 0 aliphatic rings. The van der Waals surface area contributed by atoms with E-state index in [-0.39, 0.29) is 12.4 Å². The van der Waals surface area contributed by atoms with Crippen LogP contribution in [0.4, 0.5) is 5.69 Å². The van der Waals surface area contributed by atoms with Crippen molar-refractivity contribution in [2.75, 3.05) is 32.1 Å². The van der Waals surface area contributed by atoms with Crippen LogP contribution in [-0.4, -0.2) is 42.4 Å². The van der Waals surface area contributed by atoms with Gasteiger partial charge < -0.3 is 20.5 Å². The van der Waals surface area contributed by atoms with Gasteiger partial charge in [-0.3, -0.25) is 0 Å². The number of methoxy groups -OCH3 is 1. The van der Waals surface area contributed by atoms with Crippen LogP contribution in [0.1, 0.15) is 13.8 Å². The highest BCUT2D eigenvalue weighted by molar-refractivity contribution is 6.31. The van der Waals surface area contributed by atoms with E-state index in [0.717, 1.165) is 39.8 Å². The molecule has 0 aliphatic carbocycles. The van der Waals surface area contributed by atoms with Gasteiger partial charge in [-0.2, -0.15) is 0 Å². The Morgan fingerprint density at radius 3 is 2.56 bits per heavy atom. The molecule has 0 saturated carbocycles. The van der Waals surface area contributed by atoms with Crippen LogP contribution >= 0.6 is 24.0 Å². The number of rotatable bonds is 7. The van der Waals surface area contributed by atoms with Gasteiger partial charge in [0.2, 0.25) is 0 Å². The molecule has 0 saturated heterocycles. The maximum atomic E-state index is 9.78. The molecule has 0 amide bonds. The number of nitrogens with zero attached hydrogens (tertiary/aromatic N) is 1. The minimum Gasteiger partial charge on any atom is -0.497 e. The van der Waals surface area contributed by atoms with Crippen molar-refractivity contribution in [3.05, 3.63) is 41.4 Å². The molecule has 3 N–H and O–H groups in total. The van der Waals surface area contributed by atoms with E-state index in [1.54, 1.807) is 21.0 Å². The predicted octanol–water partition coefficient (Wildman–Crippen LogP) is 4.24. The summed E-state index contributed by atoms with van der Waals surface area (Å²) in [6, 6.07) is 11.6. The maximum Gasteiger partial charge on any atom is 0.119 e. The van der Waals surface area contributed by atoms with E-state index in [1.807, 2.05) is 36.4 Å². The molecule has 0 bridgehead atoms. The predicted molar refractivity (Wildman–Crippen MR) is 116 cm³/mol. The molecule has 7 heteroatoms. The molecule has 146 valence electrons. The third kappa shape index (κ3) is 5.36. The zero-order valence-electron chi connectivity index (χ0n) is 15.7. The fourth-order valence-corrected chi connectivity index (χ4v) is 3.05.